The third kappa shape index (κ3) is 25.2. The van der Waals surface area contributed by atoms with Crippen molar-refractivity contribution in [2.24, 2.45) is 5.73 Å². The average Bonchev–Trinajstić information content (AvgIpc) is 3.73. The van der Waals surface area contributed by atoms with Crippen molar-refractivity contribution >= 4 is 35.4 Å². The zero-order valence-electron chi connectivity index (χ0n) is 38.3. The molecule has 1 aromatic heterocycles. The molecule has 16 heteroatoms. The maximum absolute atomic E-state index is 12.9. The number of aliphatic hydroxyl groups excluding tert-OH is 4. The molecule has 0 bridgehead atoms. The van der Waals surface area contributed by atoms with E-state index in [1.54, 1.807) is 0 Å². The number of hydrogen-bond donors (Lipinski definition) is 6. The molecule has 0 radical (unpaired) electrons. The second-order valence-electron chi connectivity index (χ2n) is 17.2. The first-order valence-corrected chi connectivity index (χ1v) is 25.5. The molecule has 7 N–H and O–H groups in total. The first kappa shape index (κ1) is 55.8. The SMILES string of the molecule is CCCCCCCCCCCCCCCC(=O)OC[C@H](CSC[C@@H](N)C(=O)Nc1cn([C@H]2OC(CO)C(O)C(O)C2O)nn1)OC(=O)CCCCCCCCCCCCCCC. The Kier molecular flexibility index (Phi) is 32.3. The van der Waals surface area contributed by atoms with Crippen LogP contribution in [-0.4, -0.2) is 115 Å². The highest BCUT2D eigenvalue weighted by atomic mass is 32.2. The second kappa shape index (κ2) is 35.9. The number of carbonyl (C=O) groups excluding carboxylic acids is 3. The van der Waals surface area contributed by atoms with E-state index in [2.05, 4.69) is 29.5 Å². The number of nitrogens with one attached hydrogen (secondary N) is 1. The van der Waals surface area contributed by atoms with Crippen LogP contribution in [0.25, 0.3) is 0 Å². The van der Waals surface area contributed by atoms with E-state index in [-0.39, 0.29) is 42.3 Å². The highest BCUT2D eigenvalue weighted by Gasteiger charge is 2.44. The molecule has 2 heterocycles. The van der Waals surface area contributed by atoms with Crippen LogP contribution < -0.4 is 11.1 Å². The molecule has 1 aliphatic rings. The molecule has 2 rings (SSSR count). The summed E-state index contributed by atoms with van der Waals surface area (Å²) in [6.07, 6.45) is 25.6. The molecule has 1 fully saturated rings. The molecule has 4 unspecified atom stereocenters. The summed E-state index contributed by atoms with van der Waals surface area (Å²) >= 11 is 1.30. The van der Waals surface area contributed by atoms with Crippen LogP contribution >= 0.6 is 11.8 Å². The number of amides is 1. The fourth-order valence-corrected chi connectivity index (χ4v) is 8.54. The number of hydrogen-bond acceptors (Lipinski definition) is 14. The minimum atomic E-state index is -1.60. The predicted octanol–water partition coefficient (Wildman–Crippen LogP) is 7.67. The highest BCUT2D eigenvalue weighted by Crippen LogP contribution is 2.28. The van der Waals surface area contributed by atoms with Gasteiger partial charge in [-0.15, -0.1) is 5.10 Å². The van der Waals surface area contributed by atoms with Gasteiger partial charge in [0.2, 0.25) is 5.91 Å². The molecular weight excluding hydrogens is 815 g/mol. The van der Waals surface area contributed by atoms with Gasteiger partial charge in [0.1, 0.15) is 37.1 Å². The van der Waals surface area contributed by atoms with Crippen molar-refractivity contribution in [1.29, 1.82) is 0 Å². The van der Waals surface area contributed by atoms with Gasteiger partial charge in [-0.25, -0.2) is 4.68 Å². The van der Waals surface area contributed by atoms with Crippen LogP contribution in [0.2, 0.25) is 0 Å². The van der Waals surface area contributed by atoms with Crippen molar-refractivity contribution in [3.8, 4) is 0 Å². The number of aliphatic hydroxyl groups is 4. The van der Waals surface area contributed by atoms with Gasteiger partial charge in [0.05, 0.1) is 18.8 Å². The van der Waals surface area contributed by atoms with Crippen molar-refractivity contribution in [3.05, 3.63) is 6.20 Å². The van der Waals surface area contributed by atoms with Crippen molar-refractivity contribution < 1.29 is 49.0 Å². The number of rotatable bonds is 39. The minimum Gasteiger partial charge on any atom is -0.462 e. The average molecular weight is 900 g/mol. The summed E-state index contributed by atoms with van der Waals surface area (Å²) < 4.78 is 17.9. The molecule has 7 atom stereocenters. The van der Waals surface area contributed by atoms with Crippen LogP contribution in [0.5, 0.6) is 0 Å². The van der Waals surface area contributed by atoms with Gasteiger partial charge >= 0.3 is 11.9 Å². The van der Waals surface area contributed by atoms with E-state index in [4.69, 9.17) is 19.9 Å². The Balaban J connectivity index is 1.75. The quantitative estimate of drug-likeness (QED) is 0.0275. The van der Waals surface area contributed by atoms with E-state index >= 15 is 0 Å². The zero-order valence-corrected chi connectivity index (χ0v) is 39.1. The van der Waals surface area contributed by atoms with Gasteiger partial charge < -0.3 is 45.7 Å². The molecule has 62 heavy (non-hydrogen) atoms. The Bertz CT molecular complexity index is 1290. The molecule has 0 saturated carbocycles. The van der Waals surface area contributed by atoms with Crippen molar-refractivity contribution in [3.63, 3.8) is 0 Å². The van der Waals surface area contributed by atoms with Crippen molar-refractivity contribution in [2.45, 2.75) is 236 Å². The first-order valence-electron chi connectivity index (χ1n) is 24.3. The number of unbranched alkanes of at least 4 members (excludes halogenated alkanes) is 24. The third-order valence-electron chi connectivity index (χ3n) is 11.5. The summed E-state index contributed by atoms with van der Waals surface area (Å²) in [5.74, 6) is -0.794. The van der Waals surface area contributed by atoms with Gasteiger partial charge in [-0.2, -0.15) is 11.8 Å². The maximum atomic E-state index is 12.9. The number of ether oxygens (including phenoxy) is 3. The predicted molar refractivity (Wildman–Crippen MR) is 244 cm³/mol. The van der Waals surface area contributed by atoms with Gasteiger partial charge in [-0.1, -0.05) is 173 Å². The molecule has 15 nitrogen and oxygen atoms in total. The molecule has 1 aromatic rings. The van der Waals surface area contributed by atoms with Crippen LogP contribution in [0, 0.1) is 0 Å². The largest absolute Gasteiger partial charge is 0.462 e. The van der Waals surface area contributed by atoms with Crippen LogP contribution in [0.3, 0.4) is 0 Å². The van der Waals surface area contributed by atoms with E-state index in [9.17, 15) is 34.8 Å². The molecule has 0 aliphatic carbocycles. The summed E-state index contributed by atoms with van der Waals surface area (Å²) in [6.45, 7) is 3.81. The fraction of sp³-hybridized carbons (Fsp3) is 0.891. The standard InChI is InChI=1S/C46H85N5O10S/c1-3-5-7-9-11-13-15-17-19-21-23-25-27-29-40(53)59-33-36(60-41(54)30-28-26-24-22-20-18-16-14-12-10-8-6-4-2)34-62-35-37(47)45(58)48-39-31-51(50-49-39)46-44(57)43(56)42(55)38(32-52)61-46/h31,36-38,42-44,46,52,55-57H,3-30,32-35,47H2,1-2H3,(H,48,58)/t36-,37-,38?,42?,43?,44?,46+/m1/s1. The summed E-state index contributed by atoms with van der Waals surface area (Å²) in [4.78, 5) is 38.5. The molecule has 1 amide bonds. The fourth-order valence-electron chi connectivity index (χ4n) is 7.57. The Morgan fingerprint density at radius 2 is 1.18 bits per heavy atom. The lowest BCUT2D eigenvalue weighted by molar-refractivity contribution is -0.254. The number of nitrogens with two attached hydrogens (primary N) is 1. The Hall–Kier alpha value is -2.34. The van der Waals surface area contributed by atoms with Gasteiger partial charge in [-0.3, -0.25) is 14.4 Å². The minimum absolute atomic E-state index is 0.00259. The van der Waals surface area contributed by atoms with E-state index in [0.717, 1.165) is 43.2 Å². The zero-order chi connectivity index (χ0) is 45.2. The number of aromatic nitrogens is 3. The summed E-state index contributed by atoms with van der Waals surface area (Å²) in [6, 6.07) is -0.988. The Labute approximate surface area is 376 Å². The maximum Gasteiger partial charge on any atom is 0.306 e. The number of carbonyl (C=O) groups is 3. The number of anilines is 1. The smallest absolute Gasteiger partial charge is 0.306 e. The lowest BCUT2D eigenvalue weighted by Gasteiger charge is -2.39. The van der Waals surface area contributed by atoms with Gasteiger partial charge in [-0.05, 0) is 12.8 Å². The van der Waals surface area contributed by atoms with Crippen molar-refractivity contribution in [1.82, 2.24) is 15.0 Å². The monoisotopic (exact) mass is 900 g/mol. The summed E-state index contributed by atoms with van der Waals surface area (Å²) in [5.41, 5.74) is 6.18. The number of nitrogens with zero attached hydrogens (tertiary/aromatic N) is 3. The molecule has 1 aliphatic heterocycles. The number of thioether (sulfide) groups is 1. The Morgan fingerprint density at radius 1 is 0.710 bits per heavy atom. The van der Waals surface area contributed by atoms with Crippen LogP contribution in [0.1, 0.15) is 200 Å². The molecule has 1 saturated heterocycles. The normalized spacial score (nSPS) is 19.9. The number of esters is 2. The topological polar surface area (TPSA) is 229 Å². The molecule has 0 aromatic carbocycles. The van der Waals surface area contributed by atoms with E-state index < -0.39 is 55.3 Å². The summed E-state index contributed by atoms with van der Waals surface area (Å²) in [7, 11) is 0. The van der Waals surface area contributed by atoms with E-state index in [1.165, 1.54) is 146 Å². The van der Waals surface area contributed by atoms with Gasteiger partial charge in [0, 0.05) is 24.3 Å². The molecular formula is C46H85N5O10S. The Morgan fingerprint density at radius 3 is 1.66 bits per heavy atom. The lowest BCUT2D eigenvalue weighted by atomic mass is 9.98. The van der Waals surface area contributed by atoms with Gasteiger partial charge in [0.25, 0.3) is 0 Å². The molecule has 360 valence electrons. The summed E-state index contributed by atoms with van der Waals surface area (Å²) in [5, 5.41) is 50.3. The van der Waals surface area contributed by atoms with Crippen LogP contribution in [0.15, 0.2) is 6.20 Å². The van der Waals surface area contributed by atoms with Crippen LogP contribution in [0.4, 0.5) is 5.82 Å². The van der Waals surface area contributed by atoms with E-state index in [0.29, 0.717) is 6.42 Å². The third-order valence-corrected chi connectivity index (χ3v) is 12.7. The molecule has 0 spiro atoms. The highest BCUT2D eigenvalue weighted by molar-refractivity contribution is 7.99. The van der Waals surface area contributed by atoms with E-state index in [1.807, 2.05) is 0 Å². The van der Waals surface area contributed by atoms with Crippen LogP contribution in [-0.2, 0) is 28.6 Å². The first-order chi connectivity index (χ1) is 30.1. The lowest BCUT2D eigenvalue weighted by Crippen LogP contribution is -2.56. The second-order valence-corrected chi connectivity index (χ2v) is 18.3. The van der Waals surface area contributed by atoms with Crippen molar-refractivity contribution in [2.75, 3.05) is 30.0 Å². The van der Waals surface area contributed by atoms with Gasteiger partial charge in [0.15, 0.2) is 12.0 Å².